The van der Waals surface area contributed by atoms with Crippen LogP contribution < -0.4 is 4.74 Å². The Morgan fingerprint density at radius 2 is 1.89 bits per heavy atom. The summed E-state index contributed by atoms with van der Waals surface area (Å²) in [5.74, 6) is 0.591. The van der Waals surface area contributed by atoms with Gasteiger partial charge in [-0.2, -0.15) is 0 Å². The number of carbonyl (C=O) groups is 1. The van der Waals surface area contributed by atoms with Gasteiger partial charge in [0.05, 0.1) is 14.2 Å². The number of aryl methyl sites for hydroxylation is 1. The minimum atomic E-state index is -0.556. The van der Waals surface area contributed by atoms with E-state index in [1.165, 1.54) is 7.11 Å². The molecule has 0 saturated heterocycles. The Balaban J connectivity index is 2.59. The highest BCUT2D eigenvalue weighted by Crippen LogP contribution is 2.66. The van der Waals surface area contributed by atoms with Crippen molar-refractivity contribution in [1.29, 1.82) is 0 Å². The molecule has 98 valence electrons. The summed E-state index contributed by atoms with van der Waals surface area (Å²) in [5, 5.41) is 0. The Morgan fingerprint density at radius 1 is 1.28 bits per heavy atom. The van der Waals surface area contributed by atoms with Gasteiger partial charge in [-0.15, -0.1) is 0 Å². The van der Waals surface area contributed by atoms with Crippen molar-refractivity contribution in [2.24, 2.45) is 5.41 Å². The molecular formula is C15H20O3. The lowest BCUT2D eigenvalue weighted by molar-refractivity contribution is -0.144. The van der Waals surface area contributed by atoms with E-state index < -0.39 is 5.41 Å². The van der Waals surface area contributed by atoms with Crippen LogP contribution in [0.4, 0.5) is 0 Å². The fraction of sp³-hybridized carbons (Fsp3) is 0.533. The SMILES string of the molecule is COC(=O)C1(c2cc(C)ccc2OC)CC1(C)C. The Morgan fingerprint density at radius 3 is 2.33 bits per heavy atom. The molecule has 1 aliphatic carbocycles. The van der Waals surface area contributed by atoms with Crippen LogP contribution >= 0.6 is 0 Å². The molecule has 3 nitrogen and oxygen atoms in total. The first kappa shape index (κ1) is 12.9. The molecule has 0 N–H and O–H groups in total. The van der Waals surface area contributed by atoms with Crippen LogP contribution in [0.15, 0.2) is 18.2 Å². The van der Waals surface area contributed by atoms with Crippen molar-refractivity contribution in [1.82, 2.24) is 0 Å². The second kappa shape index (κ2) is 4.01. The summed E-state index contributed by atoms with van der Waals surface area (Å²) >= 11 is 0. The molecule has 1 atom stereocenters. The number of methoxy groups -OCH3 is 2. The Hall–Kier alpha value is -1.51. The topological polar surface area (TPSA) is 35.5 Å². The molecule has 0 aliphatic heterocycles. The lowest BCUT2D eigenvalue weighted by Gasteiger charge is -2.21. The fourth-order valence-electron chi connectivity index (χ4n) is 2.87. The van der Waals surface area contributed by atoms with E-state index in [-0.39, 0.29) is 11.4 Å². The van der Waals surface area contributed by atoms with E-state index in [9.17, 15) is 4.79 Å². The maximum Gasteiger partial charge on any atom is 0.316 e. The number of ether oxygens (including phenoxy) is 2. The third-order valence-electron chi connectivity index (χ3n) is 4.09. The summed E-state index contributed by atoms with van der Waals surface area (Å²) in [6.45, 7) is 6.20. The first-order chi connectivity index (χ1) is 8.39. The van der Waals surface area contributed by atoms with Gasteiger partial charge in [-0.05, 0) is 24.8 Å². The normalized spacial score (nSPS) is 24.5. The number of hydrogen-bond donors (Lipinski definition) is 0. The van der Waals surface area contributed by atoms with E-state index in [0.29, 0.717) is 0 Å². The van der Waals surface area contributed by atoms with Crippen LogP contribution in [0.5, 0.6) is 5.75 Å². The largest absolute Gasteiger partial charge is 0.496 e. The summed E-state index contributed by atoms with van der Waals surface area (Å²) in [5.41, 5.74) is 1.43. The van der Waals surface area contributed by atoms with Crippen LogP contribution in [-0.2, 0) is 14.9 Å². The monoisotopic (exact) mass is 248 g/mol. The third-order valence-corrected chi connectivity index (χ3v) is 4.09. The van der Waals surface area contributed by atoms with Gasteiger partial charge in [0, 0.05) is 5.56 Å². The minimum absolute atomic E-state index is 0.0822. The molecule has 0 radical (unpaired) electrons. The summed E-state index contributed by atoms with van der Waals surface area (Å²) in [6.07, 6.45) is 0.798. The highest BCUT2D eigenvalue weighted by molar-refractivity contribution is 5.89. The molecule has 0 heterocycles. The average molecular weight is 248 g/mol. The summed E-state index contributed by atoms with van der Waals surface area (Å²) < 4.78 is 10.4. The quantitative estimate of drug-likeness (QED) is 0.772. The first-order valence-corrected chi connectivity index (χ1v) is 6.12. The molecule has 18 heavy (non-hydrogen) atoms. The molecule has 0 aromatic heterocycles. The lowest BCUT2D eigenvalue weighted by atomic mass is 9.86. The van der Waals surface area contributed by atoms with Crippen LogP contribution in [0.3, 0.4) is 0 Å². The Kier molecular flexibility index (Phi) is 2.88. The fourth-order valence-corrected chi connectivity index (χ4v) is 2.87. The Labute approximate surface area is 108 Å². The first-order valence-electron chi connectivity index (χ1n) is 6.12. The van der Waals surface area contributed by atoms with Crippen molar-refractivity contribution >= 4 is 5.97 Å². The molecule has 0 bridgehead atoms. The van der Waals surface area contributed by atoms with Gasteiger partial charge in [0.15, 0.2) is 0 Å². The molecule has 1 aliphatic rings. The number of benzene rings is 1. The highest BCUT2D eigenvalue weighted by Gasteiger charge is 2.69. The van der Waals surface area contributed by atoms with Gasteiger partial charge in [-0.25, -0.2) is 0 Å². The summed E-state index contributed by atoms with van der Waals surface area (Å²) in [6, 6.07) is 5.94. The van der Waals surface area contributed by atoms with Gasteiger partial charge in [0.2, 0.25) is 0 Å². The van der Waals surface area contributed by atoms with Crippen molar-refractivity contribution in [2.45, 2.75) is 32.6 Å². The molecule has 1 aromatic rings. The molecule has 1 aromatic carbocycles. The minimum Gasteiger partial charge on any atom is -0.496 e. The van der Waals surface area contributed by atoms with E-state index in [1.54, 1.807) is 7.11 Å². The predicted molar refractivity (Wildman–Crippen MR) is 69.8 cm³/mol. The zero-order valence-electron chi connectivity index (χ0n) is 11.7. The molecule has 2 rings (SSSR count). The van der Waals surface area contributed by atoms with Crippen LogP contribution in [0.25, 0.3) is 0 Å². The molecule has 1 unspecified atom stereocenters. The summed E-state index contributed by atoms with van der Waals surface area (Å²) in [7, 11) is 3.08. The van der Waals surface area contributed by atoms with Crippen LogP contribution in [0.2, 0.25) is 0 Å². The van der Waals surface area contributed by atoms with Crippen LogP contribution in [0.1, 0.15) is 31.4 Å². The van der Waals surface area contributed by atoms with Gasteiger partial charge in [-0.1, -0.05) is 31.5 Å². The van der Waals surface area contributed by atoms with Crippen molar-refractivity contribution in [2.75, 3.05) is 14.2 Å². The average Bonchev–Trinajstić information content (AvgIpc) is 2.92. The van der Waals surface area contributed by atoms with Crippen LogP contribution in [-0.4, -0.2) is 20.2 Å². The number of carbonyl (C=O) groups excluding carboxylic acids is 1. The second-order valence-electron chi connectivity index (χ2n) is 5.66. The smallest absolute Gasteiger partial charge is 0.316 e. The van der Waals surface area contributed by atoms with Gasteiger partial charge in [0.1, 0.15) is 11.2 Å². The van der Waals surface area contributed by atoms with E-state index in [2.05, 4.69) is 13.8 Å². The van der Waals surface area contributed by atoms with Crippen molar-refractivity contribution in [3.8, 4) is 5.75 Å². The second-order valence-corrected chi connectivity index (χ2v) is 5.66. The predicted octanol–water partition coefficient (Wildman–Crippen LogP) is 2.84. The van der Waals surface area contributed by atoms with Gasteiger partial charge < -0.3 is 9.47 Å². The number of hydrogen-bond acceptors (Lipinski definition) is 3. The maximum absolute atomic E-state index is 12.2. The number of esters is 1. The molecular weight excluding hydrogens is 228 g/mol. The zero-order chi connectivity index (χ0) is 13.6. The van der Waals surface area contributed by atoms with Crippen molar-refractivity contribution in [3.63, 3.8) is 0 Å². The van der Waals surface area contributed by atoms with Crippen molar-refractivity contribution in [3.05, 3.63) is 29.3 Å². The highest BCUT2D eigenvalue weighted by atomic mass is 16.5. The summed E-state index contributed by atoms with van der Waals surface area (Å²) in [4.78, 5) is 12.2. The zero-order valence-corrected chi connectivity index (χ0v) is 11.7. The van der Waals surface area contributed by atoms with E-state index in [1.807, 2.05) is 25.1 Å². The third kappa shape index (κ3) is 1.61. The molecule has 0 amide bonds. The maximum atomic E-state index is 12.2. The van der Waals surface area contributed by atoms with E-state index >= 15 is 0 Å². The van der Waals surface area contributed by atoms with E-state index in [4.69, 9.17) is 9.47 Å². The Bertz CT molecular complexity index is 491. The van der Waals surface area contributed by atoms with Gasteiger partial charge >= 0.3 is 5.97 Å². The lowest BCUT2D eigenvalue weighted by Crippen LogP contribution is -2.28. The van der Waals surface area contributed by atoms with Gasteiger partial charge in [-0.3, -0.25) is 4.79 Å². The molecule has 1 fully saturated rings. The molecule has 3 heteroatoms. The molecule has 1 saturated carbocycles. The van der Waals surface area contributed by atoms with Crippen molar-refractivity contribution < 1.29 is 14.3 Å². The molecule has 0 spiro atoms. The van der Waals surface area contributed by atoms with Gasteiger partial charge in [0.25, 0.3) is 0 Å². The van der Waals surface area contributed by atoms with E-state index in [0.717, 1.165) is 23.3 Å². The number of rotatable bonds is 3. The van der Waals surface area contributed by atoms with Crippen LogP contribution in [0, 0.1) is 12.3 Å². The standard InChI is InChI=1S/C15H20O3/c1-10-6-7-12(17-4)11(8-10)15(13(16)18-5)9-14(15,2)3/h6-8H,9H2,1-5H3.